The average Bonchev–Trinajstić information content (AvgIpc) is 3.37. The Bertz CT molecular complexity index is 976. The predicted molar refractivity (Wildman–Crippen MR) is 127 cm³/mol. The Morgan fingerprint density at radius 3 is 2.61 bits per heavy atom. The fourth-order valence-corrected chi connectivity index (χ4v) is 4.92. The van der Waals surface area contributed by atoms with E-state index in [4.69, 9.17) is 5.10 Å². The predicted octanol–water partition coefficient (Wildman–Crippen LogP) is 4.55. The standard InChI is InChI=1S/C24H32FN5S/c1-4-9-28(16-20-8-14-31-18-20)17-23-19(2)26-30(22-7-5-6-21(25)15-22)24(23)29-12-10-27(3)11-13-29/h5-8,14-15,18H,4,9-13,16-17H2,1-3H3. The molecular formula is C24H32FN5S. The van der Waals surface area contributed by atoms with Gasteiger partial charge in [-0.3, -0.25) is 4.90 Å². The van der Waals surface area contributed by atoms with Crippen LogP contribution in [0.5, 0.6) is 0 Å². The monoisotopic (exact) mass is 441 g/mol. The van der Waals surface area contributed by atoms with Crippen molar-refractivity contribution < 1.29 is 4.39 Å². The number of thiophene rings is 1. The van der Waals surface area contributed by atoms with Crippen molar-refractivity contribution in [3.05, 3.63) is 63.7 Å². The van der Waals surface area contributed by atoms with Gasteiger partial charge in [-0.2, -0.15) is 16.4 Å². The lowest BCUT2D eigenvalue weighted by Crippen LogP contribution is -2.45. The summed E-state index contributed by atoms with van der Waals surface area (Å²) in [6.07, 6.45) is 1.10. The molecule has 1 saturated heterocycles. The van der Waals surface area contributed by atoms with Crippen molar-refractivity contribution in [1.29, 1.82) is 0 Å². The van der Waals surface area contributed by atoms with Crippen LogP contribution in [0.3, 0.4) is 0 Å². The van der Waals surface area contributed by atoms with Crippen molar-refractivity contribution in [3.8, 4) is 5.69 Å². The first kappa shape index (κ1) is 22.0. The number of aromatic nitrogens is 2. The van der Waals surface area contributed by atoms with Gasteiger partial charge in [0.25, 0.3) is 0 Å². The van der Waals surface area contributed by atoms with Gasteiger partial charge in [-0.1, -0.05) is 13.0 Å². The zero-order chi connectivity index (χ0) is 21.8. The van der Waals surface area contributed by atoms with E-state index in [1.54, 1.807) is 23.5 Å². The molecule has 0 N–H and O–H groups in total. The van der Waals surface area contributed by atoms with Crippen LogP contribution in [0.1, 0.15) is 30.2 Å². The molecule has 0 spiro atoms. The number of likely N-dealkylation sites (N-methyl/N-ethyl adjacent to an activating group) is 1. The first-order valence-electron chi connectivity index (χ1n) is 11.1. The average molecular weight is 442 g/mol. The van der Waals surface area contributed by atoms with Crippen LogP contribution in [0.15, 0.2) is 41.1 Å². The second-order valence-corrected chi connectivity index (χ2v) is 9.19. The lowest BCUT2D eigenvalue weighted by Gasteiger charge is -2.35. The molecule has 0 atom stereocenters. The van der Waals surface area contributed by atoms with Gasteiger partial charge in [-0.25, -0.2) is 9.07 Å². The third-order valence-electron chi connectivity index (χ3n) is 5.92. The third-order valence-corrected chi connectivity index (χ3v) is 6.65. The van der Waals surface area contributed by atoms with Crippen LogP contribution < -0.4 is 4.90 Å². The van der Waals surface area contributed by atoms with Crippen molar-refractivity contribution in [2.75, 3.05) is 44.7 Å². The van der Waals surface area contributed by atoms with Gasteiger partial charge in [0.15, 0.2) is 0 Å². The summed E-state index contributed by atoms with van der Waals surface area (Å²) in [5.74, 6) is 0.879. The fraction of sp³-hybridized carbons (Fsp3) is 0.458. The highest BCUT2D eigenvalue weighted by molar-refractivity contribution is 7.07. The zero-order valence-corrected chi connectivity index (χ0v) is 19.5. The summed E-state index contributed by atoms with van der Waals surface area (Å²) in [5, 5.41) is 9.27. The van der Waals surface area contributed by atoms with Gasteiger partial charge in [0.05, 0.1) is 11.4 Å². The van der Waals surface area contributed by atoms with Crippen molar-refractivity contribution in [2.24, 2.45) is 0 Å². The Morgan fingerprint density at radius 2 is 1.94 bits per heavy atom. The maximum Gasteiger partial charge on any atom is 0.137 e. The Morgan fingerprint density at radius 1 is 1.13 bits per heavy atom. The molecule has 0 radical (unpaired) electrons. The minimum atomic E-state index is -0.235. The molecule has 1 aromatic carbocycles. The van der Waals surface area contributed by atoms with Gasteiger partial charge in [-0.15, -0.1) is 0 Å². The van der Waals surface area contributed by atoms with E-state index in [1.807, 2.05) is 10.7 Å². The maximum absolute atomic E-state index is 14.0. The van der Waals surface area contributed by atoms with Gasteiger partial charge in [0, 0.05) is 44.8 Å². The van der Waals surface area contributed by atoms with Crippen LogP contribution in [0.2, 0.25) is 0 Å². The molecule has 5 nitrogen and oxygen atoms in total. The largest absolute Gasteiger partial charge is 0.354 e. The molecule has 3 aromatic rings. The van der Waals surface area contributed by atoms with E-state index in [2.05, 4.69) is 52.4 Å². The van der Waals surface area contributed by atoms with Gasteiger partial charge < -0.3 is 9.80 Å². The van der Waals surface area contributed by atoms with Gasteiger partial charge in [0.1, 0.15) is 11.6 Å². The number of aryl methyl sites for hydroxylation is 1. The van der Waals surface area contributed by atoms with Crippen molar-refractivity contribution in [3.63, 3.8) is 0 Å². The van der Waals surface area contributed by atoms with Crippen LogP contribution in [0.4, 0.5) is 10.2 Å². The van der Waals surface area contributed by atoms with Crippen LogP contribution in [-0.4, -0.2) is 59.4 Å². The molecule has 1 fully saturated rings. The number of hydrogen-bond acceptors (Lipinski definition) is 5. The molecule has 166 valence electrons. The normalized spacial score (nSPS) is 15.2. The molecule has 2 aromatic heterocycles. The van der Waals surface area contributed by atoms with Gasteiger partial charge >= 0.3 is 0 Å². The second kappa shape index (κ2) is 9.94. The highest BCUT2D eigenvalue weighted by atomic mass is 32.1. The molecule has 31 heavy (non-hydrogen) atoms. The van der Waals surface area contributed by atoms with Crippen molar-refractivity contribution in [1.82, 2.24) is 19.6 Å². The number of anilines is 1. The molecule has 3 heterocycles. The minimum absolute atomic E-state index is 0.235. The SMILES string of the molecule is CCCN(Cc1ccsc1)Cc1c(C)nn(-c2cccc(F)c2)c1N1CCN(C)CC1. The number of nitrogens with zero attached hydrogens (tertiary/aromatic N) is 5. The van der Waals surface area contributed by atoms with Gasteiger partial charge in [-0.05, 0) is 67.5 Å². The molecule has 4 rings (SSSR count). The van der Waals surface area contributed by atoms with E-state index in [9.17, 15) is 4.39 Å². The Hall–Kier alpha value is -2.22. The van der Waals surface area contributed by atoms with Crippen LogP contribution in [0.25, 0.3) is 5.69 Å². The highest BCUT2D eigenvalue weighted by Crippen LogP contribution is 2.30. The molecule has 7 heteroatoms. The Kier molecular flexibility index (Phi) is 7.05. The summed E-state index contributed by atoms with van der Waals surface area (Å²) in [5.41, 5.74) is 4.40. The number of hydrogen-bond donors (Lipinski definition) is 0. The lowest BCUT2D eigenvalue weighted by atomic mass is 10.1. The Balaban J connectivity index is 1.71. The number of rotatable bonds is 8. The van der Waals surface area contributed by atoms with Gasteiger partial charge in [0.2, 0.25) is 0 Å². The molecule has 0 saturated carbocycles. The summed E-state index contributed by atoms with van der Waals surface area (Å²) in [4.78, 5) is 7.28. The van der Waals surface area contributed by atoms with E-state index in [1.165, 1.54) is 17.2 Å². The summed E-state index contributed by atoms with van der Waals surface area (Å²) in [7, 11) is 2.16. The molecular weight excluding hydrogens is 409 g/mol. The van der Waals surface area contributed by atoms with Crippen LogP contribution in [0, 0.1) is 12.7 Å². The summed E-state index contributed by atoms with van der Waals surface area (Å²) in [6, 6.07) is 8.96. The number of piperazine rings is 1. The van der Waals surface area contributed by atoms with E-state index < -0.39 is 0 Å². The van der Waals surface area contributed by atoms with Crippen molar-refractivity contribution >= 4 is 17.2 Å². The zero-order valence-electron chi connectivity index (χ0n) is 18.7. The lowest BCUT2D eigenvalue weighted by molar-refractivity contribution is 0.256. The quantitative estimate of drug-likeness (QED) is 0.513. The first-order chi connectivity index (χ1) is 15.0. The number of benzene rings is 1. The van der Waals surface area contributed by atoms with E-state index in [-0.39, 0.29) is 5.82 Å². The van der Waals surface area contributed by atoms with Crippen LogP contribution in [-0.2, 0) is 13.1 Å². The minimum Gasteiger partial charge on any atom is -0.354 e. The van der Waals surface area contributed by atoms with Crippen molar-refractivity contribution in [2.45, 2.75) is 33.4 Å². The summed E-state index contributed by atoms with van der Waals surface area (Å²) >= 11 is 1.75. The van der Waals surface area contributed by atoms with E-state index in [0.29, 0.717) is 0 Å². The number of halogens is 1. The van der Waals surface area contributed by atoms with Crippen LogP contribution >= 0.6 is 11.3 Å². The maximum atomic E-state index is 14.0. The second-order valence-electron chi connectivity index (χ2n) is 8.41. The Labute approximate surface area is 188 Å². The summed E-state index contributed by atoms with van der Waals surface area (Å²) in [6.45, 7) is 11.0. The first-order valence-corrected chi connectivity index (χ1v) is 12.0. The van der Waals surface area contributed by atoms with E-state index in [0.717, 1.165) is 69.4 Å². The van der Waals surface area contributed by atoms with E-state index >= 15 is 0 Å². The molecule has 0 bridgehead atoms. The topological polar surface area (TPSA) is 27.5 Å². The smallest absolute Gasteiger partial charge is 0.137 e. The molecule has 0 amide bonds. The molecule has 1 aliphatic rings. The summed E-state index contributed by atoms with van der Waals surface area (Å²) < 4.78 is 16.0. The molecule has 1 aliphatic heterocycles. The third kappa shape index (κ3) is 5.17. The molecule has 0 aliphatic carbocycles. The highest BCUT2D eigenvalue weighted by Gasteiger charge is 2.26. The molecule has 0 unspecified atom stereocenters. The fourth-order valence-electron chi connectivity index (χ4n) is 4.26.